The van der Waals surface area contributed by atoms with Crippen LogP contribution in [0.5, 0.6) is 11.5 Å². The maximum Gasteiger partial charge on any atom is 0.414 e. The topological polar surface area (TPSA) is 94.2 Å². The van der Waals surface area contributed by atoms with Crippen molar-refractivity contribution in [2.75, 3.05) is 6.73 Å². The van der Waals surface area contributed by atoms with E-state index in [2.05, 4.69) is 5.32 Å². The van der Waals surface area contributed by atoms with Crippen LogP contribution in [-0.4, -0.2) is 39.2 Å². The second kappa shape index (κ2) is 6.98. The molecule has 2 aromatic carbocycles. The first kappa shape index (κ1) is 19.6. The standard InChI is InChI=1S/C18H11Cl3N2O6/c19-17(20,21)18(28-12-7-3-4-8-13(12)29-18)22-16(26)27-9-23-14(24)10-5-1-2-6-11(10)15(23)25/h1-8H,9H2,(H,22,26). The molecule has 0 aromatic heterocycles. The number of ether oxygens (including phenoxy) is 3. The molecule has 2 aliphatic rings. The number of nitrogens with zero attached hydrogens (tertiary/aromatic N) is 1. The number of carbonyl (C=O) groups is 3. The van der Waals surface area contributed by atoms with Crippen LogP contribution in [-0.2, 0) is 4.74 Å². The molecule has 0 saturated carbocycles. The van der Waals surface area contributed by atoms with Gasteiger partial charge >= 0.3 is 12.0 Å². The van der Waals surface area contributed by atoms with Crippen LogP contribution in [0, 0.1) is 0 Å². The number of nitrogens with one attached hydrogen (secondary N) is 1. The van der Waals surface area contributed by atoms with Crippen LogP contribution >= 0.6 is 34.8 Å². The molecule has 0 atom stereocenters. The van der Waals surface area contributed by atoms with Crippen LogP contribution in [0.2, 0.25) is 0 Å². The molecule has 2 aromatic rings. The maximum atomic E-state index is 12.3. The number of hydrogen-bond acceptors (Lipinski definition) is 6. The van der Waals surface area contributed by atoms with Gasteiger partial charge < -0.3 is 14.2 Å². The van der Waals surface area contributed by atoms with Crippen molar-refractivity contribution in [2.45, 2.75) is 9.70 Å². The highest BCUT2D eigenvalue weighted by Crippen LogP contribution is 2.48. The third-order valence-corrected chi connectivity index (χ3v) is 4.95. The van der Waals surface area contributed by atoms with Crippen LogP contribution in [0.4, 0.5) is 4.79 Å². The molecule has 29 heavy (non-hydrogen) atoms. The monoisotopic (exact) mass is 456 g/mol. The zero-order chi connectivity index (χ0) is 20.8. The van der Waals surface area contributed by atoms with Crippen molar-refractivity contribution in [1.82, 2.24) is 10.2 Å². The van der Waals surface area contributed by atoms with Gasteiger partial charge in [0.25, 0.3) is 15.6 Å². The molecule has 1 N–H and O–H groups in total. The molecular weight excluding hydrogens is 447 g/mol. The fraction of sp³-hybridized carbons (Fsp3) is 0.167. The Morgan fingerprint density at radius 1 is 0.966 bits per heavy atom. The molecular formula is C18H11Cl3N2O6. The highest BCUT2D eigenvalue weighted by Gasteiger charge is 2.60. The van der Waals surface area contributed by atoms with Gasteiger partial charge in [0.15, 0.2) is 18.2 Å². The average molecular weight is 458 g/mol. The highest BCUT2D eigenvalue weighted by molar-refractivity contribution is 6.68. The summed E-state index contributed by atoms with van der Waals surface area (Å²) in [5.74, 6) is -2.91. The van der Waals surface area contributed by atoms with Crippen LogP contribution in [0.1, 0.15) is 20.7 Å². The summed E-state index contributed by atoms with van der Waals surface area (Å²) in [6, 6.07) is 12.7. The van der Waals surface area contributed by atoms with Gasteiger partial charge in [0.2, 0.25) is 0 Å². The van der Waals surface area contributed by atoms with E-state index in [1.165, 1.54) is 12.1 Å². The van der Waals surface area contributed by atoms with Crippen molar-refractivity contribution >= 4 is 52.7 Å². The van der Waals surface area contributed by atoms with Crippen molar-refractivity contribution in [3.8, 4) is 11.5 Å². The Balaban J connectivity index is 1.46. The van der Waals surface area contributed by atoms with E-state index in [1.54, 1.807) is 36.4 Å². The van der Waals surface area contributed by atoms with E-state index < -0.39 is 34.3 Å². The van der Waals surface area contributed by atoms with Crippen molar-refractivity contribution < 1.29 is 28.6 Å². The van der Waals surface area contributed by atoms with Crippen LogP contribution in [0.25, 0.3) is 0 Å². The van der Waals surface area contributed by atoms with Gasteiger partial charge in [0.05, 0.1) is 11.1 Å². The van der Waals surface area contributed by atoms with Crippen molar-refractivity contribution in [2.24, 2.45) is 0 Å². The largest absolute Gasteiger partial charge is 0.428 e. The number of alkyl halides is 3. The maximum absolute atomic E-state index is 12.3. The van der Waals surface area contributed by atoms with Gasteiger partial charge in [0.1, 0.15) is 0 Å². The number of benzene rings is 2. The van der Waals surface area contributed by atoms with Crippen LogP contribution < -0.4 is 14.8 Å². The average Bonchev–Trinajstić information content (AvgIpc) is 3.17. The Bertz CT molecular complexity index is 963. The number of hydrogen-bond donors (Lipinski definition) is 1. The highest BCUT2D eigenvalue weighted by atomic mass is 35.6. The minimum absolute atomic E-state index is 0.220. The summed E-state index contributed by atoms with van der Waals surface area (Å²) in [4.78, 5) is 37.7. The van der Waals surface area contributed by atoms with Gasteiger partial charge in [-0.3, -0.25) is 9.59 Å². The van der Waals surface area contributed by atoms with Gasteiger partial charge in [-0.1, -0.05) is 59.1 Å². The predicted molar refractivity (Wildman–Crippen MR) is 102 cm³/mol. The molecule has 2 aliphatic heterocycles. The van der Waals surface area contributed by atoms with Crippen molar-refractivity contribution in [3.63, 3.8) is 0 Å². The minimum atomic E-state index is -2.25. The summed E-state index contributed by atoms with van der Waals surface area (Å²) >= 11 is 17.9. The van der Waals surface area contributed by atoms with Crippen LogP contribution in [0.3, 0.4) is 0 Å². The van der Waals surface area contributed by atoms with E-state index in [4.69, 9.17) is 49.0 Å². The van der Waals surface area contributed by atoms with Gasteiger partial charge in [-0.25, -0.2) is 15.0 Å². The molecule has 4 rings (SSSR count). The zero-order valence-corrected chi connectivity index (χ0v) is 16.6. The molecule has 0 bridgehead atoms. The lowest BCUT2D eigenvalue weighted by Gasteiger charge is -2.33. The van der Waals surface area contributed by atoms with Crippen molar-refractivity contribution in [1.29, 1.82) is 0 Å². The molecule has 2 heterocycles. The Hall–Kier alpha value is -2.68. The fourth-order valence-corrected chi connectivity index (χ4v) is 3.21. The quantitative estimate of drug-likeness (QED) is 0.560. The molecule has 0 aliphatic carbocycles. The molecule has 0 radical (unpaired) electrons. The lowest BCUT2D eigenvalue weighted by Crippen LogP contribution is -2.63. The van der Waals surface area contributed by atoms with E-state index in [0.29, 0.717) is 0 Å². The molecule has 11 heteroatoms. The van der Waals surface area contributed by atoms with Gasteiger partial charge in [-0.15, -0.1) is 0 Å². The Morgan fingerprint density at radius 3 is 1.93 bits per heavy atom. The summed E-state index contributed by atoms with van der Waals surface area (Å²) < 4.78 is 13.8. The molecule has 3 amide bonds. The third kappa shape index (κ3) is 3.33. The first-order valence-electron chi connectivity index (χ1n) is 8.16. The van der Waals surface area contributed by atoms with E-state index in [-0.39, 0.29) is 22.6 Å². The lowest BCUT2D eigenvalue weighted by atomic mass is 10.1. The number of para-hydroxylation sites is 2. The second-order valence-corrected chi connectivity index (χ2v) is 8.32. The summed E-state index contributed by atoms with van der Waals surface area (Å²) in [5, 5.41) is 2.20. The fourth-order valence-electron chi connectivity index (χ4n) is 2.84. The lowest BCUT2D eigenvalue weighted by molar-refractivity contribution is -0.100. The van der Waals surface area contributed by atoms with Gasteiger partial charge in [-0.05, 0) is 24.3 Å². The first-order chi connectivity index (χ1) is 13.7. The minimum Gasteiger partial charge on any atom is -0.428 e. The molecule has 0 fully saturated rings. The number of imide groups is 1. The Morgan fingerprint density at radius 2 is 1.45 bits per heavy atom. The molecule has 8 nitrogen and oxygen atoms in total. The van der Waals surface area contributed by atoms with E-state index in [9.17, 15) is 14.4 Å². The van der Waals surface area contributed by atoms with E-state index in [0.717, 1.165) is 4.90 Å². The van der Waals surface area contributed by atoms with E-state index in [1.807, 2.05) is 0 Å². The van der Waals surface area contributed by atoms with Gasteiger partial charge in [0, 0.05) is 0 Å². The number of halogens is 3. The predicted octanol–water partition coefficient (Wildman–Crippen LogP) is 3.46. The summed E-state index contributed by atoms with van der Waals surface area (Å²) in [6.07, 6.45) is -1.14. The molecule has 150 valence electrons. The number of fused-ring (bicyclic) bond motifs is 2. The normalized spacial score (nSPS) is 16.6. The number of carbonyl (C=O) groups excluding carboxylic acids is 3. The summed E-state index contributed by atoms with van der Waals surface area (Å²) in [7, 11) is 0. The molecule has 0 spiro atoms. The van der Waals surface area contributed by atoms with Crippen LogP contribution in [0.15, 0.2) is 48.5 Å². The third-order valence-electron chi connectivity index (χ3n) is 4.20. The number of rotatable bonds is 3. The smallest absolute Gasteiger partial charge is 0.414 e. The number of alkyl carbamates (subject to hydrolysis) is 1. The van der Waals surface area contributed by atoms with Crippen molar-refractivity contribution in [3.05, 3.63) is 59.7 Å². The first-order valence-corrected chi connectivity index (χ1v) is 9.29. The van der Waals surface area contributed by atoms with Gasteiger partial charge in [-0.2, -0.15) is 0 Å². The summed E-state index contributed by atoms with van der Waals surface area (Å²) in [5.41, 5.74) is 0.439. The Labute approximate surface area is 179 Å². The summed E-state index contributed by atoms with van der Waals surface area (Å²) in [6.45, 7) is -0.652. The SMILES string of the molecule is O=C(NC1(C(Cl)(Cl)Cl)Oc2ccccc2O1)OCN1C(=O)c2ccccc2C1=O. The number of amides is 3. The Kier molecular flexibility index (Phi) is 4.72. The molecule has 0 unspecified atom stereocenters. The van der Waals surface area contributed by atoms with E-state index >= 15 is 0 Å². The molecule has 0 saturated heterocycles. The zero-order valence-electron chi connectivity index (χ0n) is 14.4. The second-order valence-electron chi connectivity index (χ2n) is 6.04.